The Bertz CT molecular complexity index is 393. The molecule has 0 radical (unpaired) electrons. The quantitative estimate of drug-likeness (QED) is 0.881. The number of carboxylic acid groups (broad SMARTS) is 1. The summed E-state index contributed by atoms with van der Waals surface area (Å²) in [6.45, 7) is 3.87. The Morgan fingerprint density at radius 2 is 2.19 bits per heavy atom. The summed E-state index contributed by atoms with van der Waals surface area (Å²) in [5, 5.41) is 9.41. The van der Waals surface area contributed by atoms with Gasteiger partial charge in [0.15, 0.2) is 0 Å². The van der Waals surface area contributed by atoms with Crippen molar-refractivity contribution >= 4 is 23.3 Å². The molecule has 1 unspecified atom stereocenters. The number of benzene rings is 1. The molecule has 0 fully saturated rings. The fourth-order valence-corrected chi connectivity index (χ4v) is 1.76. The molecule has 1 atom stereocenters. The third-order valence-electron chi connectivity index (χ3n) is 2.68. The molecule has 1 rings (SSSR count). The van der Waals surface area contributed by atoms with Crippen molar-refractivity contribution in [1.82, 2.24) is 0 Å². The van der Waals surface area contributed by atoms with Crippen molar-refractivity contribution in [3.05, 3.63) is 28.8 Å². The van der Waals surface area contributed by atoms with E-state index in [2.05, 4.69) is 0 Å². The molecule has 0 amide bonds. The van der Waals surface area contributed by atoms with Gasteiger partial charge in [0.05, 0.1) is 6.42 Å². The monoisotopic (exact) mass is 241 g/mol. The van der Waals surface area contributed by atoms with Gasteiger partial charge in [0, 0.05) is 23.8 Å². The lowest BCUT2D eigenvalue weighted by molar-refractivity contribution is -0.137. The van der Waals surface area contributed by atoms with Gasteiger partial charge in [-0.1, -0.05) is 17.7 Å². The number of hydrogen-bond acceptors (Lipinski definition) is 2. The molecule has 0 aliphatic heterocycles. The van der Waals surface area contributed by atoms with E-state index in [0.29, 0.717) is 5.02 Å². The van der Waals surface area contributed by atoms with Gasteiger partial charge in [-0.2, -0.15) is 0 Å². The molecule has 0 saturated carbocycles. The van der Waals surface area contributed by atoms with Gasteiger partial charge in [0.1, 0.15) is 0 Å². The average molecular weight is 242 g/mol. The van der Waals surface area contributed by atoms with E-state index in [-0.39, 0.29) is 12.5 Å². The number of rotatable bonds is 4. The Hall–Kier alpha value is -1.22. The second-order valence-electron chi connectivity index (χ2n) is 3.99. The molecule has 0 heterocycles. The van der Waals surface area contributed by atoms with Gasteiger partial charge < -0.3 is 10.0 Å². The number of aryl methyl sites for hydroxylation is 1. The SMILES string of the molecule is Cc1ccc(Cl)cc1N(C)C(C)CC(=O)O. The Balaban J connectivity index is 2.90. The average Bonchev–Trinajstić information content (AvgIpc) is 2.19. The first-order valence-electron chi connectivity index (χ1n) is 5.12. The predicted molar refractivity (Wildman–Crippen MR) is 66.3 cm³/mol. The van der Waals surface area contributed by atoms with Crippen molar-refractivity contribution in [2.75, 3.05) is 11.9 Å². The minimum atomic E-state index is -0.793. The first-order chi connectivity index (χ1) is 7.41. The van der Waals surface area contributed by atoms with Crippen LogP contribution >= 0.6 is 11.6 Å². The van der Waals surface area contributed by atoms with E-state index in [9.17, 15) is 4.79 Å². The van der Waals surface area contributed by atoms with Crippen LogP contribution in [-0.2, 0) is 4.79 Å². The summed E-state index contributed by atoms with van der Waals surface area (Å²) in [5.41, 5.74) is 2.06. The highest BCUT2D eigenvalue weighted by Crippen LogP contribution is 2.25. The summed E-state index contributed by atoms with van der Waals surface area (Å²) in [7, 11) is 1.88. The highest BCUT2D eigenvalue weighted by molar-refractivity contribution is 6.30. The van der Waals surface area contributed by atoms with Crippen LogP contribution in [0, 0.1) is 6.92 Å². The molecule has 88 valence electrons. The minimum Gasteiger partial charge on any atom is -0.481 e. The third-order valence-corrected chi connectivity index (χ3v) is 2.92. The summed E-state index contributed by atoms with van der Waals surface area (Å²) in [6, 6.07) is 5.56. The topological polar surface area (TPSA) is 40.5 Å². The van der Waals surface area contributed by atoms with Gasteiger partial charge in [-0.05, 0) is 31.5 Å². The molecule has 0 saturated heterocycles. The van der Waals surface area contributed by atoms with E-state index >= 15 is 0 Å². The zero-order valence-electron chi connectivity index (χ0n) is 9.70. The molecule has 0 bridgehead atoms. The van der Waals surface area contributed by atoms with Crippen LogP contribution in [0.2, 0.25) is 5.02 Å². The molecule has 16 heavy (non-hydrogen) atoms. The summed E-state index contributed by atoms with van der Waals surface area (Å²) < 4.78 is 0. The smallest absolute Gasteiger partial charge is 0.305 e. The summed E-state index contributed by atoms with van der Waals surface area (Å²) in [6.07, 6.45) is 0.114. The van der Waals surface area contributed by atoms with Gasteiger partial charge in [-0.3, -0.25) is 4.79 Å². The maximum Gasteiger partial charge on any atom is 0.305 e. The summed E-state index contributed by atoms with van der Waals surface area (Å²) in [5.74, 6) is -0.793. The molecular formula is C12H16ClNO2. The molecule has 0 aromatic heterocycles. The van der Waals surface area contributed by atoms with Crippen LogP contribution in [0.25, 0.3) is 0 Å². The van der Waals surface area contributed by atoms with E-state index in [1.807, 2.05) is 44.0 Å². The summed E-state index contributed by atoms with van der Waals surface area (Å²) in [4.78, 5) is 12.6. The van der Waals surface area contributed by atoms with Crippen molar-refractivity contribution in [3.8, 4) is 0 Å². The van der Waals surface area contributed by atoms with E-state index in [1.54, 1.807) is 0 Å². The number of nitrogens with zero attached hydrogens (tertiary/aromatic N) is 1. The number of carboxylic acids is 1. The first-order valence-corrected chi connectivity index (χ1v) is 5.50. The highest BCUT2D eigenvalue weighted by atomic mass is 35.5. The number of anilines is 1. The molecule has 1 aromatic carbocycles. The largest absolute Gasteiger partial charge is 0.481 e. The van der Waals surface area contributed by atoms with E-state index in [1.165, 1.54) is 0 Å². The molecule has 0 spiro atoms. The Morgan fingerprint density at radius 3 is 2.75 bits per heavy atom. The number of hydrogen-bond donors (Lipinski definition) is 1. The minimum absolute atomic E-state index is 0.0605. The van der Waals surface area contributed by atoms with Crippen LogP contribution < -0.4 is 4.90 Å². The normalized spacial score (nSPS) is 12.2. The lowest BCUT2D eigenvalue weighted by atomic mass is 10.1. The zero-order chi connectivity index (χ0) is 12.3. The first kappa shape index (κ1) is 12.8. The van der Waals surface area contributed by atoms with E-state index < -0.39 is 5.97 Å². The fraction of sp³-hybridized carbons (Fsp3) is 0.417. The van der Waals surface area contributed by atoms with E-state index in [0.717, 1.165) is 11.3 Å². The number of carbonyl (C=O) groups is 1. The maximum absolute atomic E-state index is 10.6. The van der Waals surface area contributed by atoms with Crippen molar-refractivity contribution in [3.63, 3.8) is 0 Å². The molecule has 3 nitrogen and oxygen atoms in total. The second-order valence-corrected chi connectivity index (χ2v) is 4.43. The Morgan fingerprint density at radius 1 is 1.56 bits per heavy atom. The Labute approximate surface area is 101 Å². The second kappa shape index (κ2) is 5.21. The van der Waals surface area contributed by atoms with Crippen molar-refractivity contribution in [2.45, 2.75) is 26.3 Å². The van der Waals surface area contributed by atoms with Crippen LogP contribution in [0.4, 0.5) is 5.69 Å². The Kier molecular flexibility index (Phi) is 4.19. The molecule has 0 aliphatic rings. The molecule has 0 aliphatic carbocycles. The van der Waals surface area contributed by atoms with Gasteiger partial charge >= 0.3 is 5.97 Å². The van der Waals surface area contributed by atoms with Crippen molar-refractivity contribution in [1.29, 1.82) is 0 Å². The number of halogens is 1. The number of aliphatic carboxylic acids is 1. The van der Waals surface area contributed by atoms with E-state index in [4.69, 9.17) is 16.7 Å². The maximum atomic E-state index is 10.6. The third kappa shape index (κ3) is 3.14. The molecule has 1 N–H and O–H groups in total. The van der Waals surface area contributed by atoms with Gasteiger partial charge in [-0.25, -0.2) is 0 Å². The predicted octanol–water partition coefficient (Wildman–Crippen LogP) is 2.95. The van der Waals surface area contributed by atoms with Gasteiger partial charge in [-0.15, -0.1) is 0 Å². The van der Waals surface area contributed by atoms with Crippen LogP contribution in [0.5, 0.6) is 0 Å². The van der Waals surface area contributed by atoms with Crippen LogP contribution in [0.1, 0.15) is 18.9 Å². The van der Waals surface area contributed by atoms with Crippen LogP contribution in [-0.4, -0.2) is 24.2 Å². The lowest BCUT2D eigenvalue weighted by Crippen LogP contribution is -2.31. The lowest BCUT2D eigenvalue weighted by Gasteiger charge is -2.27. The highest BCUT2D eigenvalue weighted by Gasteiger charge is 2.15. The van der Waals surface area contributed by atoms with Crippen molar-refractivity contribution < 1.29 is 9.90 Å². The fourth-order valence-electron chi connectivity index (χ4n) is 1.59. The summed E-state index contributed by atoms with van der Waals surface area (Å²) >= 11 is 5.93. The zero-order valence-corrected chi connectivity index (χ0v) is 10.5. The van der Waals surface area contributed by atoms with Gasteiger partial charge in [0.2, 0.25) is 0 Å². The van der Waals surface area contributed by atoms with Crippen LogP contribution in [0.3, 0.4) is 0 Å². The molecular weight excluding hydrogens is 226 g/mol. The van der Waals surface area contributed by atoms with Crippen LogP contribution in [0.15, 0.2) is 18.2 Å². The molecule has 4 heteroatoms. The standard InChI is InChI=1S/C12H16ClNO2/c1-8-4-5-10(13)7-11(8)14(3)9(2)6-12(15)16/h4-5,7,9H,6H2,1-3H3,(H,15,16). The van der Waals surface area contributed by atoms with Gasteiger partial charge in [0.25, 0.3) is 0 Å². The van der Waals surface area contributed by atoms with Crippen molar-refractivity contribution in [2.24, 2.45) is 0 Å². The molecule has 1 aromatic rings.